The van der Waals surface area contributed by atoms with Gasteiger partial charge in [-0.25, -0.2) is 14.5 Å². The fourth-order valence-electron chi connectivity index (χ4n) is 5.63. The molecule has 1 saturated carbocycles. The molecule has 9 heteroatoms. The molecule has 3 aromatic rings. The van der Waals surface area contributed by atoms with Crippen molar-refractivity contribution in [2.45, 2.75) is 77.5 Å². The molecule has 2 N–H and O–H groups in total. The summed E-state index contributed by atoms with van der Waals surface area (Å²) in [5.41, 5.74) is 4.42. The largest absolute Gasteiger partial charge is 0.393 e. The Labute approximate surface area is 225 Å². The smallest absolute Gasteiger partial charge is 0.241 e. The van der Waals surface area contributed by atoms with E-state index in [4.69, 9.17) is 19.6 Å². The third-order valence-electron chi connectivity index (χ3n) is 7.86. The number of fused-ring (bicyclic) bond motifs is 1. The number of anilines is 2. The van der Waals surface area contributed by atoms with Gasteiger partial charge >= 0.3 is 0 Å². The van der Waals surface area contributed by atoms with Gasteiger partial charge in [0.2, 0.25) is 5.95 Å². The Bertz CT molecular complexity index is 1230. The molecule has 0 radical (unpaired) electrons. The fraction of sp³-hybridized carbons (Fsp3) is 0.621. The molecule has 1 aliphatic carbocycles. The van der Waals surface area contributed by atoms with Crippen LogP contribution < -0.4 is 10.2 Å². The van der Waals surface area contributed by atoms with E-state index in [-0.39, 0.29) is 23.7 Å². The molecular formula is C29H42N6O3. The third-order valence-corrected chi connectivity index (χ3v) is 7.86. The molecule has 1 aliphatic heterocycles. The number of rotatable bonds is 7. The van der Waals surface area contributed by atoms with Gasteiger partial charge in [0.15, 0.2) is 0 Å². The molecule has 38 heavy (non-hydrogen) atoms. The molecule has 2 aliphatic rings. The molecule has 0 spiro atoms. The Hall–Kier alpha value is -2.75. The van der Waals surface area contributed by atoms with Gasteiger partial charge in [-0.3, -0.25) is 0 Å². The van der Waals surface area contributed by atoms with E-state index in [1.807, 2.05) is 12.4 Å². The maximum absolute atomic E-state index is 10.1. The minimum absolute atomic E-state index is 0.0705. The second-order valence-corrected chi connectivity index (χ2v) is 11.9. The molecule has 9 nitrogen and oxygen atoms in total. The topological polar surface area (TPSA) is 97.0 Å². The number of methoxy groups -OCH3 is 1. The van der Waals surface area contributed by atoms with Crippen molar-refractivity contribution in [2.24, 2.45) is 5.41 Å². The van der Waals surface area contributed by atoms with E-state index in [2.05, 4.69) is 65.6 Å². The highest BCUT2D eigenvalue weighted by Crippen LogP contribution is 2.38. The molecule has 1 saturated heterocycles. The van der Waals surface area contributed by atoms with Crippen molar-refractivity contribution in [3.63, 3.8) is 0 Å². The number of morpholine rings is 1. The van der Waals surface area contributed by atoms with Gasteiger partial charge in [-0.2, -0.15) is 0 Å². The predicted octanol–water partition coefficient (Wildman–Crippen LogP) is 4.51. The second kappa shape index (κ2) is 11.2. The van der Waals surface area contributed by atoms with Crippen LogP contribution in [0.15, 0.2) is 30.6 Å². The van der Waals surface area contributed by atoms with Gasteiger partial charge in [0.05, 0.1) is 37.1 Å². The van der Waals surface area contributed by atoms with Crippen LogP contribution in [0.25, 0.3) is 16.6 Å². The van der Waals surface area contributed by atoms with Crippen LogP contribution in [0.5, 0.6) is 0 Å². The van der Waals surface area contributed by atoms with Crippen LogP contribution in [0.4, 0.5) is 11.8 Å². The maximum Gasteiger partial charge on any atom is 0.241 e. The number of aliphatic hydroxyl groups excluding tert-OH is 1. The second-order valence-electron chi connectivity index (χ2n) is 11.9. The molecule has 2 fully saturated rings. The summed E-state index contributed by atoms with van der Waals surface area (Å²) >= 11 is 0. The Morgan fingerprint density at radius 1 is 1.18 bits per heavy atom. The molecule has 206 valence electrons. The van der Waals surface area contributed by atoms with Gasteiger partial charge < -0.3 is 24.8 Å². The highest BCUT2D eigenvalue weighted by molar-refractivity contribution is 5.82. The van der Waals surface area contributed by atoms with E-state index in [9.17, 15) is 5.11 Å². The summed E-state index contributed by atoms with van der Waals surface area (Å²) in [7, 11) is 1.69. The highest BCUT2D eigenvalue weighted by Gasteiger charge is 2.31. The van der Waals surface area contributed by atoms with Crippen LogP contribution in [-0.2, 0) is 9.47 Å². The standard InChI is InChI=1S/C29H42N6O3/c1-19(18-37-5)32-28-31-16-25-23(15-24(35(25)33-28)20-6-8-22(36)9-7-20)21-10-11-30-27(14-21)34-12-13-38-26(17-34)29(2,3)4/h10-11,14-16,19-20,22,26,36H,6-9,12-13,17-18H2,1-5H3,(H,32,33)/t19-,20?,22?,26-/m0/s1. The molecular weight excluding hydrogens is 480 g/mol. The number of nitrogens with zero attached hydrogens (tertiary/aromatic N) is 5. The number of aromatic nitrogens is 4. The van der Waals surface area contributed by atoms with Crippen LogP contribution in [0, 0.1) is 5.41 Å². The summed E-state index contributed by atoms with van der Waals surface area (Å²) in [5.74, 6) is 1.89. The van der Waals surface area contributed by atoms with Crippen LogP contribution >= 0.6 is 0 Å². The fourth-order valence-corrected chi connectivity index (χ4v) is 5.63. The Kier molecular flexibility index (Phi) is 7.88. The summed E-state index contributed by atoms with van der Waals surface area (Å²) in [6.45, 7) is 11.7. The van der Waals surface area contributed by atoms with E-state index in [0.29, 0.717) is 25.1 Å². The number of hydrogen-bond acceptors (Lipinski definition) is 8. The highest BCUT2D eigenvalue weighted by atomic mass is 16.5. The molecule has 0 bridgehead atoms. The number of aliphatic hydroxyl groups is 1. The van der Waals surface area contributed by atoms with Crippen LogP contribution in [0.2, 0.25) is 0 Å². The summed E-state index contributed by atoms with van der Waals surface area (Å²) in [6.07, 6.45) is 7.30. The Balaban J connectivity index is 1.51. The normalized spacial score (nSPS) is 23.5. The first kappa shape index (κ1) is 26.8. The van der Waals surface area contributed by atoms with Crippen LogP contribution in [-0.4, -0.2) is 76.4 Å². The van der Waals surface area contributed by atoms with E-state index in [0.717, 1.165) is 61.2 Å². The molecule has 2 atom stereocenters. The number of ether oxygens (including phenoxy) is 2. The molecule has 0 amide bonds. The van der Waals surface area contributed by atoms with Crippen molar-refractivity contribution < 1.29 is 14.6 Å². The van der Waals surface area contributed by atoms with E-state index in [1.165, 1.54) is 5.69 Å². The third kappa shape index (κ3) is 5.80. The first-order chi connectivity index (χ1) is 18.2. The van der Waals surface area contributed by atoms with Gasteiger partial charge in [-0.05, 0) is 61.8 Å². The lowest BCUT2D eigenvalue weighted by molar-refractivity contribution is -0.0267. The quantitative estimate of drug-likeness (QED) is 0.468. The van der Waals surface area contributed by atoms with Crippen molar-refractivity contribution in [1.82, 2.24) is 19.6 Å². The molecule has 3 aromatic heterocycles. The summed E-state index contributed by atoms with van der Waals surface area (Å²) in [4.78, 5) is 11.7. The number of hydrogen-bond donors (Lipinski definition) is 2. The van der Waals surface area contributed by atoms with Gasteiger partial charge in [-0.1, -0.05) is 20.8 Å². The minimum atomic E-state index is -0.202. The lowest BCUT2D eigenvalue weighted by Gasteiger charge is -2.40. The Morgan fingerprint density at radius 3 is 2.71 bits per heavy atom. The van der Waals surface area contributed by atoms with Crippen molar-refractivity contribution in [3.8, 4) is 11.1 Å². The van der Waals surface area contributed by atoms with Crippen molar-refractivity contribution in [3.05, 3.63) is 36.3 Å². The van der Waals surface area contributed by atoms with E-state index >= 15 is 0 Å². The van der Waals surface area contributed by atoms with Gasteiger partial charge in [-0.15, -0.1) is 5.10 Å². The zero-order valence-corrected chi connectivity index (χ0v) is 23.4. The lowest BCUT2D eigenvalue weighted by atomic mass is 9.85. The Morgan fingerprint density at radius 2 is 1.97 bits per heavy atom. The first-order valence-corrected chi connectivity index (χ1v) is 13.9. The van der Waals surface area contributed by atoms with Gasteiger partial charge in [0.1, 0.15) is 5.82 Å². The van der Waals surface area contributed by atoms with E-state index in [1.54, 1.807) is 7.11 Å². The lowest BCUT2D eigenvalue weighted by Crippen LogP contribution is -2.48. The predicted molar refractivity (Wildman–Crippen MR) is 150 cm³/mol. The van der Waals surface area contributed by atoms with Crippen LogP contribution in [0.3, 0.4) is 0 Å². The SMILES string of the molecule is COC[C@H](C)Nc1ncc2c(-c3ccnc(N4CCO[C@H](C(C)(C)C)C4)c3)cc(C3CCC(O)CC3)n2n1. The molecule has 0 aromatic carbocycles. The van der Waals surface area contributed by atoms with Gasteiger partial charge in [0.25, 0.3) is 0 Å². The maximum atomic E-state index is 10.1. The number of pyridine rings is 1. The molecule has 5 rings (SSSR count). The van der Waals surface area contributed by atoms with Crippen LogP contribution in [0.1, 0.15) is 65.0 Å². The average Bonchev–Trinajstić information content (AvgIpc) is 3.28. The molecule has 0 unspecified atom stereocenters. The van der Waals surface area contributed by atoms with Gasteiger partial charge in [0, 0.05) is 49.6 Å². The average molecular weight is 523 g/mol. The van der Waals surface area contributed by atoms with Crippen molar-refractivity contribution in [2.75, 3.05) is 43.6 Å². The molecule has 4 heterocycles. The zero-order chi connectivity index (χ0) is 26.9. The first-order valence-electron chi connectivity index (χ1n) is 13.9. The summed E-state index contributed by atoms with van der Waals surface area (Å²) < 4.78 is 13.4. The van der Waals surface area contributed by atoms with Crippen molar-refractivity contribution in [1.29, 1.82) is 0 Å². The minimum Gasteiger partial charge on any atom is -0.393 e. The summed E-state index contributed by atoms with van der Waals surface area (Å²) in [6, 6.07) is 6.61. The monoisotopic (exact) mass is 522 g/mol. The zero-order valence-electron chi connectivity index (χ0n) is 23.4. The van der Waals surface area contributed by atoms with E-state index < -0.39 is 0 Å². The van der Waals surface area contributed by atoms with Crippen molar-refractivity contribution >= 4 is 17.3 Å². The number of nitrogens with one attached hydrogen (secondary N) is 1. The summed E-state index contributed by atoms with van der Waals surface area (Å²) in [5, 5.41) is 18.4.